The van der Waals surface area contributed by atoms with E-state index in [-0.39, 0.29) is 47.9 Å². The lowest BCUT2D eigenvalue weighted by Crippen LogP contribution is -2.49. The molecule has 0 spiro atoms. The molecule has 0 saturated heterocycles. The lowest BCUT2D eigenvalue weighted by Gasteiger charge is -2.45. The Morgan fingerprint density at radius 3 is 1.98 bits per heavy atom. The fraction of sp³-hybridized carbons (Fsp3) is 0.516. The third-order valence-corrected chi connectivity index (χ3v) is 9.01. The molecule has 0 radical (unpaired) electrons. The fourth-order valence-electron chi connectivity index (χ4n) is 6.71. The van der Waals surface area contributed by atoms with E-state index in [2.05, 4.69) is 15.4 Å². The Morgan fingerprint density at radius 1 is 0.878 bits per heavy atom. The summed E-state index contributed by atoms with van der Waals surface area (Å²) in [6.07, 6.45) is -13.6. The number of hydrogen-bond acceptors (Lipinski definition) is 6. The maximum absolute atomic E-state index is 14.0. The summed E-state index contributed by atoms with van der Waals surface area (Å²) in [5.41, 5.74) is -4.67. The molecule has 1 amide bonds. The van der Waals surface area contributed by atoms with Gasteiger partial charge in [0.05, 0.1) is 29.8 Å². The van der Waals surface area contributed by atoms with E-state index < -0.39 is 71.3 Å². The van der Waals surface area contributed by atoms with Gasteiger partial charge in [0.2, 0.25) is 5.91 Å². The highest BCUT2D eigenvalue weighted by molar-refractivity contribution is 5.97. The van der Waals surface area contributed by atoms with Crippen molar-refractivity contribution in [2.45, 2.75) is 82.6 Å². The van der Waals surface area contributed by atoms with Gasteiger partial charge in [-0.05, 0) is 97.7 Å². The van der Waals surface area contributed by atoms with Gasteiger partial charge in [-0.1, -0.05) is 5.10 Å². The molecule has 2 atom stereocenters. The smallest absolute Gasteiger partial charge is 0.416 e. The lowest BCUT2D eigenvalue weighted by molar-refractivity contribution is -0.143. The number of carbonyl (C=O) groups is 2. The zero-order valence-electron chi connectivity index (χ0n) is 26.1. The highest BCUT2D eigenvalue weighted by Gasteiger charge is 2.43. The van der Waals surface area contributed by atoms with Gasteiger partial charge in [-0.3, -0.25) is 9.59 Å². The number of carbonyl (C=O) groups excluding carboxylic acids is 1. The molecule has 2 aromatic carbocycles. The normalized spacial score (nSPS) is 21.7. The van der Waals surface area contributed by atoms with Crippen LogP contribution in [-0.2, 0) is 41.7 Å². The van der Waals surface area contributed by atoms with Crippen LogP contribution in [0.2, 0.25) is 0 Å². The second-order valence-corrected chi connectivity index (χ2v) is 12.5. The van der Waals surface area contributed by atoms with Gasteiger partial charge in [0, 0.05) is 30.6 Å². The fourth-order valence-corrected chi connectivity index (χ4v) is 6.71. The predicted molar refractivity (Wildman–Crippen MR) is 155 cm³/mol. The summed E-state index contributed by atoms with van der Waals surface area (Å²) in [5, 5.41) is 20.8. The van der Waals surface area contributed by atoms with Crippen LogP contribution in [0.3, 0.4) is 0 Å². The van der Waals surface area contributed by atoms with Crippen LogP contribution in [0.15, 0.2) is 36.4 Å². The number of hydrogen-bond donors (Lipinski definition) is 1. The molecule has 266 valence electrons. The first-order chi connectivity index (χ1) is 22.7. The predicted octanol–water partition coefficient (Wildman–Crippen LogP) is 7.42. The van der Waals surface area contributed by atoms with Crippen molar-refractivity contribution in [3.8, 4) is 0 Å². The molecule has 49 heavy (non-hydrogen) atoms. The molecule has 0 bridgehead atoms. The highest BCUT2D eigenvalue weighted by Crippen LogP contribution is 2.46. The molecule has 9 nitrogen and oxygen atoms in total. The summed E-state index contributed by atoms with van der Waals surface area (Å²) in [6.45, 7) is 0.948. The summed E-state index contributed by atoms with van der Waals surface area (Å²) >= 11 is 0. The van der Waals surface area contributed by atoms with E-state index >= 15 is 0 Å². The van der Waals surface area contributed by atoms with Crippen LogP contribution in [0.25, 0.3) is 0 Å². The van der Waals surface area contributed by atoms with Crippen molar-refractivity contribution in [3.63, 3.8) is 0 Å². The summed E-state index contributed by atoms with van der Waals surface area (Å²) < 4.78 is 124. The quantitative estimate of drug-likeness (QED) is 0.255. The van der Waals surface area contributed by atoms with Crippen LogP contribution in [0.4, 0.5) is 51.1 Å². The number of nitrogens with zero attached hydrogens (tertiary/aromatic N) is 6. The Hall–Kier alpha value is -4.38. The number of fused-ring (bicyclic) bond motifs is 1. The van der Waals surface area contributed by atoms with Crippen LogP contribution >= 0.6 is 0 Å². The van der Waals surface area contributed by atoms with Gasteiger partial charge in [-0.15, -0.1) is 5.10 Å². The molecule has 1 aliphatic heterocycles. The number of anilines is 2. The number of halogens is 9. The number of alkyl halides is 9. The maximum Gasteiger partial charge on any atom is 0.416 e. The van der Waals surface area contributed by atoms with E-state index in [4.69, 9.17) is 5.11 Å². The summed E-state index contributed by atoms with van der Waals surface area (Å²) in [4.78, 5) is 28.7. The SMILES string of the molecule is C[C@@H]1CC(N(Cc2cc(C(F)(F)F)cc(C(F)(F)F)c2)c2nnn(C)n2)c2cc(C(F)(F)F)ccc2N1C(=O)[C@H]1CC[C@H](CC(=O)O)CC1. The Balaban J connectivity index is 1.59. The van der Waals surface area contributed by atoms with Crippen molar-refractivity contribution in [2.24, 2.45) is 18.9 Å². The van der Waals surface area contributed by atoms with Gasteiger partial charge in [0.15, 0.2) is 0 Å². The molecule has 1 aliphatic carbocycles. The zero-order valence-corrected chi connectivity index (χ0v) is 26.1. The molecular weight excluding hydrogens is 675 g/mol. The Morgan fingerprint density at radius 2 is 1.47 bits per heavy atom. The first-order valence-corrected chi connectivity index (χ1v) is 15.3. The number of aromatic nitrogens is 4. The number of rotatable bonds is 7. The minimum atomic E-state index is -5.15. The average Bonchev–Trinajstić information content (AvgIpc) is 3.43. The molecule has 2 heterocycles. The Kier molecular flexibility index (Phi) is 9.64. The van der Waals surface area contributed by atoms with E-state index in [1.807, 2.05) is 0 Å². The molecular formula is C31H31F9N6O3. The Labute approximate surface area is 273 Å². The third kappa shape index (κ3) is 7.93. The van der Waals surface area contributed by atoms with Crippen LogP contribution in [0, 0.1) is 11.8 Å². The zero-order chi connectivity index (χ0) is 36.1. The maximum atomic E-state index is 14.0. The van der Waals surface area contributed by atoms with Crippen LogP contribution in [0.1, 0.15) is 79.3 Å². The van der Waals surface area contributed by atoms with E-state index in [1.54, 1.807) is 6.92 Å². The summed E-state index contributed by atoms with van der Waals surface area (Å²) in [6, 6.07) is 1.89. The van der Waals surface area contributed by atoms with Crippen molar-refractivity contribution in [1.82, 2.24) is 20.2 Å². The van der Waals surface area contributed by atoms with Crippen LogP contribution in [-0.4, -0.2) is 43.2 Å². The largest absolute Gasteiger partial charge is 0.481 e. The van der Waals surface area contributed by atoms with Gasteiger partial charge < -0.3 is 14.9 Å². The van der Waals surface area contributed by atoms with Crippen molar-refractivity contribution in [2.75, 3.05) is 9.80 Å². The second kappa shape index (κ2) is 13.2. The standard InChI is InChI=1S/C31H31F9N6O3/c1-16-9-25(45(28-41-43-44(2)42-28)15-18-10-21(30(35,36)37)13-22(11-18)31(38,39)40)23-14-20(29(32,33)34)7-8-24(23)46(16)27(49)19-5-3-17(4-6-19)12-26(47)48/h7-8,10-11,13-14,16-17,19,25H,3-6,9,12,15H2,1-2H3,(H,47,48)/t16-,17-,19-,25?/m1/s1. The van der Waals surface area contributed by atoms with Gasteiger partial charge in [-0.25, -0.2) is 0 Å². The van der Waals surface area contributed by atoms with E-state index in [9.17, 15) is 49.1 Å². The summed E-state index contributed by atoms with van der Waals surface area (Å²) in [7, 11) is 1.35. The van der Waals surface area contributed by atoms with Gasteiger partial charge in [0.25, 0.3) is 5.95 Å². The van der Waals surface area contributed by atoms with E-state index in [0.717, 1.165) is 23.0 Å². The molecule has 1 fully saturated rings. The third-order valence-electron chi connectivity index (χ3n) is 9.01. The molecule has 18 heteroatoms. The highest BCUT2D eigenvalue weighted by atomic mass is 19.4. The first kappa shape index (κ1) is 35.9. The number of tetrazole rings is 1. The number of aryl methyl sites for hydroxylation is 1. The van der Waals surface area contributed by atoms with Crippen molar-refractivity contribution in [1.29, 1.82) is 0 Å². The molecule has 1 N–H and O–H groups in total. The topological polar surface area (TPSA) is 104 Å². The molecule has 1 saturated carbocycles. The number of benzene rings is 2. The molecule has 5 rings (SSSR count). The van der Waals surface area contributed by atoms with Crippen molar-refractivity contribution in [3.05, 3.63) is 64.2 Å². The number of aliphatic carboxylic acids is 1. The summed E-state index contributed by atoms with van der Waals surface area (Å²) in [5.74, 6) is -2.26. The van der Waals surface area contributed by atoms with Gasteiger partial charge in [0.1, 0.15) is 0 Å². The van der Waals surface area contributed by atoms with Crippen molar-refractivity contribution < 1.29 is 54.2 Å². The van der Waals surface area contributed by atoms with E-state index in [1.165, 1.54) is 16.8 Å². The molecule has 1 unspecified atom stereocenters. The molecule has 3 aromatic rings. The minimum Gasteiger partial charge on any atom is -0.481 e. The second-order valence-electron chi connectivity index (χ2n) is 12.5. The number of carboxylic acids is 1. The number of carboxylic acid groups (broad SMARTS) is 1. The first-order valence-electron chi connectivity index (χ1n) is 15.3. The number of amides is 1. The average molecular weight is 707 g/mol. The lowest BCUT2D eigenvalue weighted by atomic mass is 9.79. The van der Waals surface area contributed by atoms with Crippen molar-refractivity contribution >= 4 is 23.5 Å². The van der Waals surface area contributed by atoms with Gasteiger partial charge in [-0.2, -0.15) is 44.3 Å². The minimum absolute atomic E-state index is 0.0271. The molecule has 2 aliphatic rings. The Bertz CT molecular complexity index is 1660. The van der Waals surface area contributed by atoms with E-state index in [0.29, 0.717) is 37.8 Å². The van der Waals surface area contributed by atoms with Crippen LogP contribution in [0.5, 0.6) is 0 Å². The van der Waals surface area contributed by atoms with Gasteiger partial charge >= 0.3 is 24.5 Å². The monoisotopic (exact) mass is 706 g/mol. The molecule has 1 aromatic heterocycles. The van der Waals surface area contributed by atoms with Crippen LogP contribution < -0.4 is 9.80 Å².